The number of aromatic nitrogens is 3. The average molecular weight is 277 g/mol. The number of aryl methyl sites for hydroxylation is 2. The lowest BCUT2D eigenvalue weighted by molar-refractivity contribution is -0.663. The summed E-state index contributed by atoms with van der Waals surface area (Å²) in [6.07, 6.45) is 5.78. The van der Waals surface area contributed by atoms with Gasteiger partial charge < -0.3 is 0 Å². The molecule has 0 saturated heterocycles. The molecule has 21 heavy (non-hydrogen) atoms. The fraction of sp³-hybridized carbons (Fsp3) is 0.167. The normalized spacial score (nSPS) is 10.6. The van der Waals surface area contributed by atoms with Gasteiger partial charge in [0.1, 0.15) is 11.9 Å². The monoisotopic (exact) mass is 277 g/mol. The highest BCUT2D eigenvalue weighted by Crippen LogP contribution is 2.23. The summed E-state index contributed by atoms with van der Waals surface area (Å²) < 4.78 is 4.27. The molecule has 0 spiro atoms. The van der Waals surface area contributed by atoms with Crippen molar-refractivity contribution in [3.63, 3.8) is 0 Å². The quantitative estimate of drug-likeness (QED) is 0.659. The van der Waals surface area contributed by atoms with Gasteiger partial charge in [0.2, 0.25) is 5.69 Å². The first-order chi connectivity index (χ1) is 10.2. The van der Waals surface area contributed by atoms with Gasteiger partial charge >= 0.3 is 0 Å². The second-order valence-corrected chi connectivity index (χ2v) is 5.24. The molecule has 0 radical (unpaired) electrons. The molecule has 0 saturated carbocycles. The minimum atomic E-state index is 1.17. The van der Waals surface area contributed by atoms with Crippen molar-refractivity contribution in [3.8, 4) is 16.9 Å². The van der Waals surface area contributed by atoms with E-state index in [-0.39, 0.29) is 0 Å². The molecule has 2 aromatic heterocycles. The van der Waals surface area contributed by atoms with Crippen LogP contribution in [-0.2, 0) is 7.05 Å². The molecule has 0 aliphatic heterocycles. The molecule has 2 heterocycles. The third kappa shape index (κ3) is 2.42. The van der Waals surface area contributed by atoms with Crippen LogP contribution in [0.4, 0.5) is 0 Å². The first kappa shape index (κ1) is 13.4. The highest BCUT2D eigenvalue weighted by atomic mass is 15.0. The summed E-state index contributed by atoms with van der Waals surface area (Å²) in [7, 11) is 2.02. The summed E-state index contributed by atoms with van der Waals surface area (Å²) in [5, 5.41) is 0. The van der Waals surface area contributed by atoms with Crippen molar-refractivity contribution < 1.29 is 9.13 Å². The van der Waals surface area contributed by atoms with Gasteiger partial charge in [0, 0.05) is 42.3 Å². The van der Waals surface area contributed by atoms with Gasteiger partial charge in [0.25, 0.3) is 6.33 Å². The molecule has 3 rings (SSSR count). The van der Waals surface area contributed by atoms with Gasteiger partial charge in [-0.15, -0.1) is 0 Å². The zero-order valence-corrected chi connectivity index (χ0v) is 12.6. The maximum Gasteiger partial charge on any atom is 0.286 e. The van der Waals surface area contributed by atoms with Gasteiger partial charge in [-0.1, -0.05) is 17.1 Å². The predicted molar refractivity (Wildman–Crippen MR) is 81.9 cm³/mol. The summed E-state index contributed by atoms with van der Waals surface area (Å²) in [6, 6.07) is 14.7. The van der Waals surface area contributed by atoms with E-state index in [9.17, 15) is 0 Å². The molecule has 1 aromatic carbocycles. The molecule has 3 heteroatoms. The third-order valence-corrected chi connectivity index (χ3v) is 3.84. The van der Waals surface area contributed by atoms with Gasteiger partial charge in [-0.25, -0.2) is 4.57 Å². The molecule has 3 nitrogen and oxygen atoms in total. The van der Waals surface area contributed by atoms with E-state index in [1.54, 1.807) is 0 Å². The molecule has 0 aliphatic carbocycles. The minimum Gasteiger partial charge on any atom is -0.233 e. The van der Waals surface area contributed by atoms with Crippen LogP contribution in [-0.4, -0.2) is 4.98 Å². The van der Waals surface area contributed by atoms with Crippen molar-refractivity contribution in [2.24, 2.45) is 7.05 Å². The lowest BCUT2D eigenvalue weighted by Crippen LogP contribution is -2.35. The number of hydrogen-bond acceptors (Lipinski definition) is 1. The Morgan fingerprint density at radius 3 is 2.57 bits per heavy atom. The second-order valence-electron chi connectivity index (χ2n) is 5.24. The van der Waals surface area contributed by atoms with E-state index in [0.717, 1.165) is 0 Å². The zero-order valence-electron chi connectivity index (χ0n) is 12.6. The van der Waals surface area contributed by atoms with E-state index < -0.39 is 0 Å². The molecule has 0 amide bonds. The molecular weight excluding hydrogens is 258 g/mol. The van der Waals surface area contributed by atoms with Gasteiger partial charge in [-0.3, -0.25) is 0 Å². The fourth-order valence-corrected chi connectivity index (χ4v) is 2.67. The van der Waals surface area contributed by atoms with Crippen LogP contribution in [0.2, 0.25) is 0 Å². The van der Waals surface area contributed by atoms with Gasteiger partial charge in [-0.2, -0.15) is 4.57 Å². The average Bonchev–Trinajstić information content (AvgIpc) is 2.49. The second kappa shape index (κ2) is 5.44. The molecule has 0 fully saturated rings. The molecule has 0 bridgehead atoms. The predicted octanol–water partition coefficient (Wildman–Crippen LogP) is 2.47. The van der Waals surface area contributed by atoms with E-state index in [2.05, 4.69) is 76.6 Å². The van der Waals surface area contributed by atoms with Crippen molar-refractivity contribution in [1.82, 2.24) is 4.98 Å². The zero-order chi connectivity index (χ0) is 14.8. The van der Waals surface area contributed by atoms with Gasteiger partial charge in [0.05, 0.1) is 7.05 Å². The molecule has 0 unspecified atom stereocenters. The largest absolute Gasteiger partial charge is 0.286 e. The third-order valence-electron chi connectivity index (χ3n) is 3.84. The van der Waals surface area contributed by atoms with Crippen LogP contribution >= 0.6 is 0 Å². The number of nitrogens with zero attached hydrogens (tertiary/aromatic N) is 3. The number of pyridine rings is 1. The van der Waals surface area contributed by atoms with Crippen LogP contribution in [0.5, 0.6) is 0 Å². The van der Waals surface area contributed by atoms with Crippen LogP contribution in [0.1, 0.15) is 11.3 Å². The Labute approximate surface area is 125 Å². The minimum absolute atomic E-state index is 1.17. The Morgan fingerprint density at radius 1 is 0.952 bits per heavy atom. The maximum atomic E-state index is 4.15. The molecular formula is C18H19N3+2. The lowest BCUT2D eigenvalue weighted by Gasteiger charge is -2.08. The van der Waals surface area contributed by atoms with Crippen molar-refractivity contribution in [1.29, 1.82) is 0 Å². The van der Waals surface area contributed by atoms with E-state index in [1.165, 1.54) is 28.2 Å². The van der Waals surface area contributed by atoms with Crippen LogP contribution in [0.15, 0.2) is 61.2 Å². The van der Waals surface area contributed by atoms with Crippen LogP contribution < -0.4 is 9.13 Å². The summed E-state index contributed by atoms with van der Waals surface area (Å²) in [4.78, 5) is 4.15. The Bertz CT molecular complexity index is 730. The Hall–Kier alpha value is -2.55. The standard InChI is InChI=1S/C18H19N3/c1-14-7-4-5-12-21(14)17-9-6-8-16(15(17)2)18-10-11-19-13-20(18)3/h4-13H,1-3H3/q+2. The first-order valence-electron chi connectivity index (χ1n) is 7.06. The molecule has 0 aliphatic rings. The fourth-order valence-electron chi connectivity index (χ4n) is 2.67. The van der Waals surface area contributed by atoms with Crippen molar-refractivity contribution in [3.05, 3.63) is 72.4 Å². The van der Waals surface area contributed by atoms with E-state index >= 15 is 0 Å². The number of rotatable bonds is 2. The Morgan fingerprint density at radius 2 is 1.81 bits per heavy atom. The SMILES string of the molecule is Cc1c(-c2ccnc[n+]2C)cccc1-[n+]1ccccc1C. The van der Waals surface area contributed by atoms with Crippen LogP contribution in [0.3, 0.4) is 0 Å². The summed E-state index contributed by atoms with van der Waals surface area (Å²) in [5.41, 5.74) is 6.09. The molecule has 0 atom stereocenters. The maximum absolute atomic E-state index is 4.15. The topological polar surface area (TPSA) is 20.6 Å². The Kier molecular flexibility index (Phi) is 3.48. The van der Waals surface area contributed by atoms with E-state index in [1.807, 2.05) is 19.6 Å². The van der Waals surface area contributed by atoms with Crippen molar-refractivity contribution >= 4 is 0 Å². The van der Waals surface area contributed by atoms with E-state index in [4.69, 9.17) is 0 Å². The summed E-state index contributed by atoms with van der Waals surface area (Å²) in [5.74, 6) is 0. The molecule has 0 N–H and O–H groups in total. The summed E-state index contributed by atoms with van der Waals surface area (Å²) >= 11 is 0. The van der Waals surface area contributed by atoms with Gasteiger partial charge in [-0.05, 0) is 13.0 Å². The van der Waals surface area contributed by atoms with Gasteiger partial charge in [0.15, 0.2) is 11.9 Å². The molecule has 104 valence electrons. The van der Waals surface area contributed by atoms with Crippen LogP contribution in [0.25, 0.3) is 16.9 Å². The van der Waals surface area contributed by atoms with Crippen molar-refractivity contribution in [2.45, 2.75) is 13.8 Å². The van der Waals surface area contributed by atoms with Crippen molar-refractivity contribution in [2.75, 3.05) is 0 Å². The van der Waals surface area contributed by atoms with E-state index in [0.29, 0.717) is 0 Å². The Balaban J connectivity index is 2.21. The number of benzene rings is 1. The summed E-state index contributed by atoms with van der Waals surface area (Å²) in [6.45, 7) is 4.29. The lowest BCUT2D eigenvalue weighted by atomic mass is 10.0. The first-order valence-corrected chi connectivity index (χ1v) is 7.06. The highest BCUT2D eigenvalue weighted by molar-refractivity contribution is 5.64. The smallest absolute Gasteiger partial charge is 0.233 e. The van der Waals surface area contributed by atoms with Crippen LogP contribution in [0, 0.1) is 13.8 Å². The highest BCUT2D eigenvalue weighted by Gasteiger charge is 2.18. The molecule has 3 aromatic rings. The number of hydrogen-bond donors (Lipinski definition) is 0.